The second-order valence-corrected chi connectivity index (χ2v) is 6.05. The van der Waals surface area contributed by atoms with Crippen molar-refractivity contribution < 1.29 is 52.4 Å². The average Bonchev–Trinajstić information content (AvgIpc) is 2.27. The summed E-state index contributed by atoms with van der Waals surface area (Å²) in [6, 6.07) is 6.95. The van der Waals surface area contributed by atoms with Gasteiger partial charge in [0.15, 0.2) is 10.3 Å². The minimum Gasteiger partial charge on any atom is -0.735 e. The van der Waals surface area contributed by atoms with Gasteiger partial charge < -0.3 is 14.4 Å². The van der Waals surface area contributed by atoms with Crippen LogP contribution in [0.3, 0.4) is 0 Å². The van der Waals surface area contributed by atoms with E-state index in [1.807, 2.05) is 0 Å². The van der Waals surface area contributed by atoms with Crippen molar-refractivity contribution in [2.45, 2.75) is 6.10 Å². The van der Waals surface area contributed by atoms with Crippen molar-refractivity contribution in [3.63, 3.8) is 0 Å². The summed E-state index contributed by atoms with van der Waals surface area (Å²) in [6.07, 6.45) is -1.07. The van der Waals surface area contributed by atoms with Gasteiger partial charge in [-0.1, -0.05) is 15.9 Å². The molecule has 19 heavy (non-hydrogen) atoms. The van der Waals surface area contributed by atoms with Crippen LogP contribution in [0.2, 0.25) is 0 Å². The summed E-state index contributed by atoms with van der Waals surface area (Å²) in [5.74, 6) is 0.546. The molecule has 1 N–H and O–H groups in total. The van der Waals surface area contributed by atoms with Gasteiger partial charge in [0.25, 0.3) is 0 Å². The number of nitrogens with zero attached hydrogens (tertiary/aromatic N) is 1. The minimum absolute atomic E-state index is 0. The Morgan fingerprint density at radius 1 is 1.42 bits per heavy atom. The maximum absolute atomic E-state index is 10.6. The summed E-state index contributed by atoms with van der Waals surface area (Å²) in [6.45, 7) is -0.399. The zero-order valence-electron chi connectivity index (χ0n) is 10.6. The van der Waals surface area contributed by atoms with E-state index >= 15 is 0 Å². The molecule has 0 bridgehead atoms. The summed E-state index contributed by atoms with van der Waals surface area (Å²) in [7, 11) is -3.42. The molecular weight excluding hydrogens is 349 g/mol. The van der Waals surface area contributed by atoms with Gasteiger partial charge in [0.05, 0.1) is 0 Å². The van der Waals surface area contributed by atoms with Crippen molar-refractivity contribution in [3.05, 3.63) is 28.7 Å². The van der Waals surface area contributed by atoms with Gasteiger partial charge in [-0.25, -0.2) is 12.7 Å². The van der Waals surface area contributed by atoms with E-state index in [4.69, 9.17) is 4.74 Å². The number of rotatable bonds is 6. The molecule has 0 saturated carbocycles. The predicted molar refractivity (Wildman–Crippen MR) is 68.0 cm³/mol. The number of aliphatic hydroxyl groups is 1. The zero-order chi connectivity index (χ0) is 13.8. The molecule has 9 heteroatoms. The van der Waals surface area contributed by atoms with Crippen LogP contribution in [-0.2, 0) is 10.3 Å². The van der Waals surface area contributed by atoms with E-state index in [2.05, 4.69) is 15.9 Å². The van der Waals surface area contributed by atoms with Crippen LogP contribution in [0, 0.1) is 0 Å². The molecule has 102 valence electrons. The first-order chi connectivity index (χ1) is 8.29. The maximum atomic E-state index is 10.6. The first-order valence-corrected chi connectivity index (χ1v) is 7.18. The third-order valence-electron chi connectivity index (χ3n) is 2.11. The van der Waals surface area contributed by atoms with Gasteiger partial charge in [-0.2, -0.15) is 0 Å². The SMILES string of the molecule is CN(CC(O)COc1ccc(Br)cc1)S(=O)(=O)[O-].[Na+]. The number of aliphatic hydroxyl groups excluding tert-OH is 1. The molecule has 0 radical (unpaired) electrons. The number of hydrogen-bond acceptors (Lipinski definition) is 5. The van der Waals surface area contributed by atoms with Crippen molar-refractivity contribution >= 4 is 26.2 Å². The smallest absolute Gasteiger partial charge is 0.735 e. The van der Waals surface area contributed by atoms with Gasteiger partial charge in [0.2, 0.25) is 0 Å². The Morgan fingerprint density at radius 2 is 1.95 bits per heavy atom. The molecule has 1 unspecified atom stereocenters. The molecule has 0 aliphatic rings. The largest absolute Gasteiger partial charge is 1.00 e. The van der Waals surface area contributed by atoms with Crippen LogP contribution < -0.4 is 34.3 Å². The maximum Gasteiger partial charge on any atom is 1.00 e. The number of halogens is 1. The van der Waals surface area contributed by atoms with E-state index in [-0.39, 0.29) is 42.7 Å². The first kappa shape index (κ1) is 19.3. The normalized spacial score (nSPS) is 12.9. The number of hydrogen-bond donors (Lipinski definition) is 1. The minimum atomic E-state index is -4.52. The molecule has 1 aromatic rings. The molecule has 1 rings (SSSR count). The van der Waals surface area contributed by atoms with Gasteiger partial charge in [-0.05, 0) is 24.3 Å². The van der Waals surface area contributed by atoms with Crippen molar-refractivity contribution in [2.24, 2.45) is 0 Å². The molecule has 6 nitrogen and oxygen atoms in total. The molecule has 0 aliphatic heterocycles. The summed E-state index contributed by atoms with van der Waals surface area (Å²) in [5.41, 5.74) is 0. The van der Waals surface area contributed by atoms with E-state index in [1.165, 1.54) is 0 Å². The molecule has 0 aliphatic carbocycles. The zero-order valence-corrected chi connectivity index (χ0v) is 15.0. The predicted octanol–water partition coefficient (Wildman–Crippen LogP) is -2.42. The molecule has 0 spiro atoms. The summed E-state index contributed by atoms with van der Waals surface area (Å²) in [5, 5.41) is 9.52. The third kappa shape index (κ3) is 7.62. The Bertz CT molecular complexity index is 481. The molecule has 1 atom stereocenters. The van der Waals surface area contributed by atoms with Crippen molar-refractivity contribution in [1.29, 1.82) is 0 Å². The quantitative estimate of drug-likeness (QED) is 0.450. The number of benzene rings is 1. The molecule has 0 aromatic heterocycles. The first-order valence-electron chi connectivity index (χ1n) is 5.02. The van der Waals surface area contributed by atoms with Crippen molar-refractivity contribution in [2.75, 3.05) is 20.2 Å². The van der Waals surface area contributed by atoms with E-state index in [0.717, 1.165) is 11.5 Å². The van der Waals surface area contributed by atoms with E-state index in [9.17, 15) is 18.1 Å². The van der Waals surface area contributed by atoms with E-state index in [0.29, 0.717) is 10.1 Å². The van der Waals surface area contributed by atoms with Crippen LogP contribution in [0.25, 0.3) is 0 Å². The van der Waals surface area contributed by atoms with E-state index < -0.39 is 16.4 Å². The Morgan fingerprint density at radius 3 is 2.42 bits per heavy atom. The van der Waals surface area contributed by atoms with E-state index in [1.54, 1.807) is 24.3 Å². The number of likely N-dealkylation sites (N-methyl/N-ethyl adjacent to an activating group) is 1. The Balaban J connectivity index is 0.00000324. The molecule has 1 aromatic carbocycles. The van der Waals surface area contributed by atoms with Crippen LogP contribution in [0.4, 0.5) is 0 Å². The van der Waals surface area contributed by atoms with Crippen LogP contribution in [0.15, 0.2) is 28.7 Å². The van der Waals surface area contributed by atoms with Crippen molar-refractivity contribution in [3.8, 4) is 5.75 Å². The fourth-order valence-corrected chi connectivity index (χ4v) is 1.78. The third-order valence-corrected chi connectivity index (χ3v) is 3.55. The summed E-state index contributed by atoms with van der Waals surface area (Å²) in [4.78, 5) is 0. The van der Waals surface area contributed by atoms with Gasteiger partial charge in [-0.15, -0.1) is 0 Å². The van der Waals surface area contributed by atoms with Gasteiger partial charge in [0, 0.05) is 18.1 Å². The Kier molecular flexibility index (Phi) is 8.73. The van der Waals surface area contributed by atoms with Crippen LogP contribution in [-0.4, -0.2) is 48.7 Å². The monoisotopic (exact) mass is 361 g/mol. The summed E-state index contributed by atoms with van der Waals surface area (Å²) < 4.78 is 38.4. The fourth-order valence-electron chi connectivity index (χ4n) is 1.16. The number of ether oxygens (including phenoxy) is 1. The standard InChI is InChI=1S/C10H14BrNO5S.Na/c1-12(18(14,15)16)6-9(13)7-17-10-4-2-8(11)3-5-10;/h2-5,9,13H,6-7H2,1H3,(H,14,15,16);/q;+1/p-1. The molecule has 0 heterocycles. The van der Waals surface area contributed by atoms with Gasteiger partial charge in [-0.3, -0.25) is 0 Å². The molecule has 0 saturated heterocycles. The Labute approximate surface area is 143 Å². The fraction of sp³-hybridized carbons (Fsp3) is 0.400. The van der Waals surface area contributed by atoms with Crippen molar-refractivity contribution in [1.82, 2.24) is 4.31 Å². The topological polar surface area (TPSA) is 89.9 Å². The average molecular weight is 362 g/mol. The Hall–Kier alpha value is 0.330. The van der Waals surface area contributed by atoms with Gasteiger partial charge >= 0.3 is 29.6 Å². The molecule has 0 amide bonds. The summed E-state index contributed by atoms with van der Waals surface area (Å²) >= 11 is 3.27. The molecular formula is C10H13BrNNaO5S. The second-order valence-electron chi connectivity index (χ2n) is 3.66. The second kappa shape index (κ2) is 8.58. The van der Waals surface area contributed by atoms with Crippen LogP contribution in [0.5, 0.6) is 5.75 Å². The van der Waals surface area contributed by atoms with Gasteiger partial charge in [0.1, 0.15) is 18.5 Å². The van der Waals surface area contributed by atoms with Crippen LogP contribution >= 0.6 is 15.9 Å². The molecule has 0 fully saturated rings. The van der Waals surface area contributed by atoms with Crippen LogP contribution in [0.1, 0.15) is 0 Å².